The molecular weight excluding hydrogens is 207 g/mol. The van der Waals surface area contributed by atoms with Crippen molar-refractivity contribution < 1.29 is 53.5 Å². The molecule has 0 aromatic rings. The smallest absolute Gasteiger partial charge is 1.00 e. The van der Waals surface area contributed by atoms with Crippen LogP contribution in [0.15, 0.2) is 11.0 Å². The van der Waals surface area contributed by atoms with Crippen LogP contribution in [-0.4, -0.2) is 25.5 Å². The van der Waals surface area contributed by atoms with Crippen molar-refractivity contribution in [1.82, 2.24) is 0 Å². The van der Waals surface area contributed by atoms with Crippen LogP contribution in [0, 0.1) is 0 Å². The normalized spacial score (nSPS) is 11.8. The Balaban J connectivity index is -0.000000605. The summed E-state index contributed by atoms with van der Waals surface area (Å²) < 4.78 is 33.2. The van der Waals surface area contributed by atoms with E-state index in [4.69, 9.17) is 4.55 Å². The second kappa shape index (κ2) is 6.56. The molecule has 0 aliphatic heterocycles. The predicted molar refractivity (Wildman–Crippen MR) is 43.1 cm³/mol. The predicted octanol–water partition coefficient (Wildman–Crippen LogP) is -2.54. The standard InChI is InChI=1S/C6H10O5S.Na.H/c1-3-11-6(7)5(2)4-12(8,9)10;;/h4H,3H2,1-2H3,(H,8,9,10);;/q;+1;-1. The zero-order chi connectivity index (χ0) is 9.78. The molecule has 7 heteroatoms. The number of rotatable bonds is 3. The average molecular weight is 218 g/mol. The second-order valence-electron chi connectivity index (χ2n) is 2.04. The Kier molecular flexibility index (Phi) is 7.86. The van der Waals surface area contributed by atoms with Gasteiger partial charge in [0.1, 0.15) is 0 Å². The fraction of sp³-hybridized carbons (Fsp3) is 0.500. The molecule has 5 nitrogen and oxygen atoms in total. The number of ether oxygens (including phenoxy) is 1. The zero-order valence-corrected chi connectivity index (χ0v) is 10.6. The minimum atomic E-state index is -4.25. The largest absolute Gasteiger partial charge is 1.00 e. The Morgan fingerprint density at radius 1 is 1.62 bits per heavy atom. The molecule has 13 heavy (non-hydrogen) atoms. The van der Waals surface area contributed by atoms with E-state index in [9.17, 15) is 13.2 Å². The SMILES string of the molecule is CCOC(=O)C(C)=CS(=O)(=O)O.[H-].[Na+]. The van der Waals surface area contributed by atoms with Gasteiger partial charge in [-0.2, -0.15) is 8.42 Å². The maximum atomic E-state index is 10.8. The molecule has 0 radical (unpaired) electrons. The summed E-state index contributed by atoms with van der Waals surface area (Å²) in [6.45, 7) is 3.00. The van der Waals surface area contributed by atoms with Gasteiger partial charge in [0.05, 0.1) is 12.0 Å². The number of hydrogen-bond acceptors (Lipinski definition) is 4. The monoisotopic (exact) mass is 218 g/mol. The molecule has 0 aliphatic rings. The van der Waals surface area contributed by atoms with Crippen LogP contribution < -0.4 is 29.6 Å². The first-order chi connectivity index (χ1) is 5.37. The Labute approximate surface area is 101 Å². The van der Waals surface area contributed by atoms with E-state index in [2.05, 4.69) is 4.74 Å². The van der Waals surface area contributed by atoms with Gasteiger partial charge in [-0.25, -0.2) is 4.79 Å². The molecule has 0 atom stereocenters. The van der Waals surface area contributed by atoms with Crippen molar-refractivity contribution in [2.45, 2.75) is 13.8 Å². The van der Waals surface area contributed by atoms with Gasteiger partial charge in [-0.1, -0.05) is 0 Å². The van der Waals surface area contributed by atoms with Crippen LogP contribution >= 0.6 is 0 Å². The zero-order valence-electron chi connectivity index (χ0n) is 8.77. The number of carbonyl (C=O) groups is 1. The average Bonchev–Trinajstić information content (AvgIpc) is 1.84. The van der Waals surface area contributed by atoms with Crippen LogP contribution in [0.2, 0.25) is 0 Å². The third-order valence-corrected chi connectivity index (χ3v) is 1.57. The van der Waals surface area contributed by atoms with E-state index in [-0.39, 0.29) is 43.2 Å². The van der Waals surface area contributed by atoms with Crippen molar-refractivity contribution in [2.75, 3.05) is 6.61 Å². The second-order valence-corrected chi connectivity index (χ2v) is 3.30. The molecule has 72 valence electrons. The number of carbonyl (C=O) groups excluding carboxylic acids is 1. The number of hydrogen-bond donors (Lipinski definition) is 1. The van der Waals surface area contributed by atoms with E-state index in [1.54, 1.807) is 6.92 Å². The first-order valence-electron chi connectivity index (χ1n) is 3.19. The van der Waals surface area contributed by atoms with Crippen molar-refractivity contribution in [1.29, 1.82) is 0 Å². The summed E-state index contributed by atoms with van der Waals surface area (Å²) in [5.41, 5.74) is -0.153. The molecule has 0 bridgehead atoms. The molecule has 0 saturated heterocycles. The van der Waals surface area contributed by atoms with Crippen LogP contribution in [0.4, 0.5) is 0 Å². The fourth-order valence-electron chi connectivity index (χ4n) is 0.516. The molecule has 0 amide bonds. The molecule has 0 aromatic heterocycles. The molecule has 0 heterocycles. The summed E-state index contributed by atoms with van der Waals surface area (Å²) >= 11 is 0. The summed E-state index contributed by atoms with van der Waals surface area (Å²) in [6, 6.07) is 0. The number of esters is 1. The third kappa shape index (κ3) is 8.45. The quantitative estimate of drug-likeness (QED) is 0.244. The Bertz CT molecular complexity index is 297. The van der Waals surface area contributed by atoms with Gasteiger partial charge in [0, 0.05) is 5.57 Å². The summed E-state index contributed by atoms with van der Waals surface area (Å²) in [7, 11) is -4.25. The van der Waals surface area contributed by atoms with Crippen LogP contribution in [0.1, 0.15) is 15.3 Å². The summed E-state index contributed by atoms with van der Waals surface area (Å²) in [4.78, 5) is 10.8. The van der Waals surface area contributed by atoms with Crippen LogP contribution in [0.25, 0.3) is 0 Å². The first-order valence-corrected chi connectivity index (χ1v) is 4.70. The molecule has 0 unspecified atom stereocenters. The summed E-state index contributed by atoms with van der Waals surface area (Å²) in [5, 5.41) is 0.449. The van der Waals surface area contributed by atoms with Crippen molar-refractivity contribution in [2.24, 2.45) is 0 Å². The van der Waals surface area contributed by atoms with Crippen molar-refractivity contribution >= 4 is 16.1 Å². The molecule has 0 spiro atoms. The maximum absolute atomic E-state index is 10.8. The van der Waals surface area contributed by atoms with E-state index in [1.807, 2.05) is 0 Å². The first kappa shape index (κ1) is 15.6. The maximum Gasteiger partial charge on any atom is 1.00 e. The van der Waals surface area contributed by atoms with Gasteiger partial charge in [-0.3, -0.25) is 4.55 Å². The Morgan fingerprint density at radius 3 is 2.38 bits per heavy atom. The minimum absolute atomic E-state index is 0. The molecule has 0 aliphatic carbocycles. The van der Waals surface area contributed by atoms with Crippen molar-refractivity contribution in [3.05, 3.63) is 11.0 Å². The molecule has 0 rings (SSSR count). The van der Waals surface area contributed by atoms with Gasteiger partial charge in [-0.05, 0) is 13.8 Å². The van der Waals surface area contributed by atoms with E-state index in [0.717, 1.165) is 0 Å². The topological polar surface area (TPSA) is 80.7 Å². The van der Waals surface area contributed by atoms with Crippen molar-refractivity contribution in [3.63, 3.8) is 0 Å². The van der Waals surface area contributed by atoms with E-state index in [1.165, 1.54) is 6.92 Å². The van der Waals surface area contributed by atoms with Gasteiger partial charge in [-0.15, -0.1) is 0 Å². The molecule has 0 aromatic carbocycles. The van der Waals surface area contributed by atoms with Gasteiger partial charge in [0.2, 0.25) is 0 Å². The third-order valence-electron chi connectivity index (χ3n) is 0.923. The van der Waals surface area contributed by atoms with Crippen LogP contribution in [0.5, 0.6) is 0 Å². The van der Waals surface area contributed by atoms with Gasteiger partial charge < -0.3 is 6.16 Å². The van der Waals surface area contributed by atoms with Crippen LogP contribution in [0.3, 0.4) is 0 Å². The summed E-state index contributed by atoms with van der Waals surface area (Å²) in [5.74, 6) is -0.755. The van der Waals surface area contributed by atoms with E-state index in [0.29, 0.717) is 5.41 Å². The van der Waals surface area contributed by atoms with Crippen LogP contribution in [-0.2, 0) is 19.6 Å². The molecule has 1 N–H and O–H groups in total. The molecular formula is C6H11NaO5S. The molecule has 0 fully saturated rings. The van der Waals surface area contributed by atoms with E-state index < -0.39 is 16.1 Å². The molecule has 0 saturated carbocycles. The summed E-state index contributed by atoms with van der Waals surface area (Å²) in [6.07, 6.45) is 0. The fourth-order valence-corrected chi connectivity index (χ4v) is 1.06. The van der Waals surface area contributed by atoms with Gasteiger partial charge >= 0.3 is 35.5 Å². The minimum Gasteiger partial charge on any atom is -1.00 e. The Morgan fingerprint density at radius 2 is 2.08 bits per heavy atom. The van der Waals surface area contributed by atoms with Gasteiger partial charge in [0.15, 0.2) is 0 Å². The van der Waals surface area contributed by atoms with E-state index >= 15 is 0 Å². The Hall–Kier alpha value is 0.120. The van der Waals surface area contributed by atoms with Crippen molar-refractivity contribution in [3.8, 4) is 0 Å². The van der Waals surface area contributed by atoms with Gasteiger partial charge in [0.25, 0.3) is 10.1 Å².